The Balaban J connectivity index is 1.59. The van der Waals surface area contributed by atoms with Crippen LogP contribution in [0, 0.1) is 0 Å². The maximum Gasteiger partial charge on any atom is 0.265 e. The Hall–Kier alpha value is -3.74. The summed E-state index contributed by atoms with van der Waals surface area (Å²) >= 11 is 12.1. The molecule has 6 nitrogen and oxygen atoms in total. The molecule has 34 heavy (non-hydrogen) atoms. The van der Waals surface area contributed by atoms with Crippen LogP contribution < -0.4 is 5.56 Å². The molecule has 8 heteroatoms. The maximum absolute atomic E-state index is 13.7. The molecule has 6 rings (SSSR count). The predicted octanol–water partition coefficient (Wildman–Crippen LogP) is 5.70. The molecule has 3 aromatic heterocycles. The summed E-state index contributed by atoms with van der Waals surface area (Å²) in [6.45, 7) is 0.863. The average molecular weight is 486 g/mol. The first kappa shape index (κ1) is 20.8. The number of fused-ring (bicyclic) bond motifs is 4. The molecule has 0 amide bonds. The minimum absolute atomic E-state index is 0.163. The van der Waals surface area contributed by atoms with E-state index in [0.717, 1.165) is 22.2 Å². The van der Waals surface area contributed by atoms with Gasteiger partial charge >= 0.3 is 0 Å². The molecule has 0 aliphatic carbocycles. The van der Waals surface area contributed by atoms with Gasteiger partial charge in [0.1, 0.15) is 17.2 Å². The van der Waals surface area contributed by atoms with Gasteiger partial charge in [-0.1, -0.05) is 59.6 Å². The van der Waals surface area contributed by atoms with Gasteiger partial charge in [0, 0.05) is 10.0 Å². The van der Waals surface area contributed by atoms with E-state index in [9.17, 15) is 4.79 Å². The molecule has 3 aromatic carbocycles. The third-order valence-electron chi connectivity index (χ3n) is 5.84. The molecular weight excluding hydrogens is 469 g/mol. The Labute approximate surface area is 204 Å². The lowest BCUT2D eigenvalue weighted by atomic mass is 10.2. The minimum atomic E-state index is -0.163. The van der Waals surface area contributed by atoms with Crippen LogP contribution in [0.25, 0.3) is 33.2 Å². The molecule has 0 spiro atoms. The fourth-order valence-corrected chi connectivity index (χ4v) is 4.41. The first-order valence-electron chi connectivity index (χ1n) is 10.7. The van der Waals surface area contributed by atoms with Crippen molar-refractivity contribution in [3.8, 4) is 0 Å². The molecule has 0 bridgehead atoms. The van der Waals surface area contributed by atoms with Crippen molar-refractivity contribution in [2.45, 2.75) is 13.1 Å². The third-order valence-corrected chi connectivity index (χ3v) is 6.34. The Bertz CT molecular complexity index is 1740. The fourth-order valence-electron chi connectivity index (χ4n) is 4.16. The summed E-state index contributed by atoms with van der Waals surface area (Å²) in [5, 5.41) is 1.77. The van der Waals surface area contributed by atoms with Crippen molar-refractivity contribution in [1.82, 2.24) is 24.1 Å². The third kappa shape index (κ3) is 3.61. The maximum atomic E-state index is 13.7. The summed E-state index contributed by atoms with van der Waals surface area (Å²) in [4.78, 5) is 28.0. The SMILES string of the molecule is O=c1c2c3nc4ccccc4nc3n(Cc3ccc(Cl)cc3)c2ncn1Cc1ccc(Cl)cc1. The van der Waals surface area contributed by atoms with Crippen LogP contribution in [0.3, 0.4) is 0 Å². The summed E-state index contributed by atoms with van der Waals surface area (Å²) < 4.78 is 3.54. The largest absolute Gasteiger partial charge is 0.304 e. The van der Waals surface area contributed by atoms with Gasteiger partial charge in [-0.15, -0.1) is 0 Å². The zero-order valence-electron chi connectivity index (χ0n) is 17.8. The first-order chi connectivity index (χ1) is 16.6. The Morgan fingerprint density at radius 3 is 1.94 bits per heavy atom. The van der Waals surface area contributed by atoms with E-state index in [1.807, 2.05) is 77.4 Å². The molecule has 0 saturated carbocycles. The van der Waals surface area contributed by atoms with Crippen LogP contribution in [0.1, 0.15) is 11.1 Å². The molecule has 0 atom stereocenters. The lowest BCUT2D eigenvalue weighted by molar-refractivity contribution is 0.741. The van der Waals surface area contributed by atoms with Gasteiger partial charge in [0.2, 0.25) is 0 Å². The topological polar surface area (TPSA) is 65.6 Å². The van der Waals surface area contributed by atoms with Gasteiger partial charge in [0.15, 0.2) is 11.3 Å². The van der Waals surface area contributed by atoms with E-state index >= 15 is 0 Å². The number of rotatable bonds is 4. The van der Waals surface area contributed by atoms with Gasteiger partial charge in [0.05, 0.1) is 24.1 Å². The molecule has 3 heterocycles. The summed E-state index contributed by atoms with van der Waals surface area (Å²) in [7, 11) is 0. The van der Waals surface area contributed by atoms with Crippen molar-refractivity contribution < 1.29 is 0 Å². The second-order valence-corrected chi connectivity index (χ2v) is 8.97. The molecule has 166 valence electrons. The molecule has 0 aliphatic heterocycles. The number of aromatic nitrogens is 5. The quantitative estimate of drug-likeness (QED) is 0.321. The van der Waals surface area contributed by atoms with Crippen LogP contribution in [0.5, 0.6) is 0 Å². The molecular formula is C26H17Cl2N5O. The molecule has 0 radical (unpaired) electrons. The second kappa shape index (κ2) is 8.24. The number of hydrogen-bond donors (Lipinski definition) is 0. The molecule has 0 fully saturated rings. The summed E-state index contributed by atoms with van der Waals surface area (Å²) in [5.74, 6) is 0. The van der Waals surface area contributed by atoms with Crippen LogP contribution in [-0.4, -0.2) is 24.1 Å². The molecule has 0 aliphatic rings. The average Bonchev–Trinajstić information content (AvgIpc) is 3.15. The van der Waals surface area contributed by atoms with E-state index in [4.69, 9.17) is 38.2 Å². The van der Waals surface area contributed by atoms with Gasteiger partial charge in [-0.2, -0.15) is 0 Å². The number of halogens is 2. The fraction of sp³-hybridized carbons (Fsp3) is 0.0769. The molecule has 0 unspecified atom stereocenters. The van der Waals surface area contributed by atoms with Crippen LogP contribution >= 0.6 is 23.2 Å². The summed E-state index contributed by atoms with van der Waals surface area (Å²) in [6, 6.07) is 22.7. The van der Waals surface area contributed by atoms with E-state index in [2.05, 4.69) is 0 Å². The van der Waals surface area contributed by atoms with Crippen LogP contribution in [0.4, 0.5) is 0 Å². The van der Waals surface area contributed by atoms with E-state index in [-0.39, 0.29) is 5.56 Å². The van der Waals surface area contributed by atoms with Crippen LogP contribution in [-0.2, 0) is 13.1 Å². The number of benzene rings is 3. The van der Waals surface area contributed by atoms with E-state index < -0.39 is 0 Å². The standard InChI is InChI=1S/C26H17Cl2N5O/c27-18-9-5-16(6-10-18)13-32-15-29-24-22(26(32)34)23-25(31-21-4-2-1-3-20(21)30-23)33(24)14-17-7-11-19(28)12-8-17/h1-12,15H,13-14H2. The summed E-state index contributed by atoms with van der Waals surface area (Å²) in [5.41, 5.74) is 5.02. The van der Waals surface area contributed by atoms with E-state index in [0.29, 0.717) is 45.3 Å². The second-order valence-electron chi connectivity index (χ2n) is 8.10. The van der Waals surface area contributed by atoms with Crippen molar-refractivity contribution in [2.24, 2.45) is 0 Å². The Kier molecular flexibility index (Phi) is 5.05. The smallest absolute Gasteiger partial charge is 0.265 e. The molecule has 0 saturated heterocycles. The number of hydrogen-bond acceptors (Lipinski definition) is 4. The van der Waals surface area contributed by atoms with Gasteiger partial charge in [0.25, 0.3) is 5.56 Å². The Morgan fingerprint density at radius 2 is 1.29 bits per heavy atom. The van der Waals surface area contributed by atoms with Crippen molar-refractivity contribution >= 4 is 56.4 Å². The summed E-state index contributed by atoms with van der Waals surface area (Å²) in [6.07, 6.45) is 1.58. The van der Waals surface area contributed by atoms with Crippen LogP contribution in [0.15, 0.2) is 83.9 Å². The molecule has 0 N–H and O–H groups in total. The van der Waals surface area contributed by atoms with Gasteiger partial charge < -0.3 is 4.57 Å². The lowest BCUT2D eigenvalue weighted by Crippen LogP contribution is -2.21. The van der Waals surface area contributed by atoms with E-state index in [1.54, 1.807) is 10.9 Å². The predicted molar refractivity (Wildman–Crippen MR) is 136 cm³/mol. The number of nitrogens with zero attached hydrogens (tertiary/aromatic N) is 5. The monoisotopic (exact) mass is 485 g/mol. The minimum Gasteiger partial charge on any atom is -0.304 e. The van der Waals surface area contributed by atoms with Gasteiger partial charge in [-0.3, -0.25) is 9.36 Å². The highest BCUT2D eigenvalue weighted by Gasteiger charge is 2.20. The van der Waals surface area contributed by atoms with Crippen LogP contribution in [0.2, 0.25) is 10.0 Å². The highest BCUT2D eigenvalue weighted by atomic mass is 35.5. The number of para-hydroxylation sites is 2. The zero-order chi connectivity index (χ0) is 23.2. The van der Waals surface area contributed by atoms with Crippen molar-refractivity contribution in [1.29, 1.82) is 0 Å². The van der Waals surface area contributed by atoms with Crippen molar-refractivity contribution in [3.63, 3.8) is 0 Å². The zero-order valence-corrected chi connectivity index (χ0v) is 19.3. The Morgan fingerprint density at radius 1 is 0.706 bits per heavy atom. The molecule has 6 aromatic rings. The van der Waals surface area contributed by atoms with Crippen molar-refractivity contribution in [2.75, 3.05) is 0 Å². The highest BCUT2D eigenvalue weighted by Crippen LogP contribution is 2.26. The van der Waals surface area contributed by atoms with E-state index in [1.165, 1.54) is 0 Å². The van der Waals surface area contributed by atoms with Gasteiger partial charge in [-0.25, -0.2) is 15.0 Å². The van der Waals surface area contributed by atoms with Gasteiger partial charge in [-0.05, 0) is 47.5 Å². The first-order valence-corrected chi connectivity index (χ1v) is 11.5. The van der Waals surface area contributed by atoms with Crippen molar-refractivity contribution in [3.05, 3.63) is 111 Å². The highest BCUT2D eigenvalue weighted by molar-refractivity contribution is 6.30. The lowest BCUT2D eigenvalue weighted by Gasteiger charge is -2.08. The normalized spacial score (nSPS) is 11.6.